The first-order valence-electron chi connectivity index (χ1n) is 10.4. The highest BCUT2D eigenvalue weighted by molar-refractivity contribution is 9.10. The van der Waals surface area contributed by atoms with Crippen molar-refractivity contribution in [2.75, 3.05) is 7.11 Å². The molecule has 1 amide bonds. The minimum absolute atomic E-state index is 0.219. The zero-order valence-electron chi connectivity index (χ0n) is 18.0. The summed E-state index contributed by atoms with van der Waals surface area (Å²) in [6.07, 6.45) is -0.688. The molecule has 4 aromatic rings. The van der Waals surface area contributed by atoms with Crippen LogP contribution in [-0.4, -0.2) is 28.9 Å². The molecule has 2 heterocycles. The Morgan fingerprint density at radius 1 is 1.03 bits per heavy atom. The molecule has 0 saturated heterocycles. The zero-order valence-corrected chi connectivity index (χ0v) is 19.6. The molecule has 3 aromatic carbocycles. The molecular formula is C26H20BrN3O3. The summed E-state index contributed by atoms with van der Waals surface area (Å²) in [6, 6.07) is 25.3. The number of carbonyl (C=O) groups is 1. The average molecular weight is 502 g/mol. The molecular weight excluding hydrogens is 482 g/mol. The molecule has 0 radical (unpaired) electrons. The summed E-state index contributed by atoms with van der Waals surface area (Å²) in [4.78, 5) is 17.3. The number of ether oxygens (including phenoxy) is 2. The molecule has 0 bridgehead atoms. The number of amides is 1. The molecule has 1 aliphatic rings. The zero-order chi connectivity index (χ0) is 22.9. The molecule has 0 saturated carbocycles. The van der Waals surface area contributed by atoms with Crippen LogP contribution >= 0.6 is 15.9 Å². The predicted molar refractivity (Wildman–Crippen MR) is 131 cm³/mol. The number of rotatable bonds is 4. The average Bonchev–Trinajstić information content (AvgIpc) is 3.29. The Bertz CT molecular complexity index is 1390. The maximum absolute atomic E-state index is 12.5. The minimum Gasteiger partial charge on any atom is -0.496 e. The van der Waals surface area contributed by atoms with E-state index >= 15 is 0 Å². The van der Waals surface area contributed by atoms with Crippen molar-refractivity contribution >= 4 is 38.6 Å². The largest absolute Gasteiger partial charge is 0.496 e. The van der Waals surface area contributed by atoms with Crippen LogP contribution in [0.15, 0.2) is 88.4 Å². The summed E-state index contributed by atoms with van der Waals surface area (Å²) in [5.41, 5.74) is 4.17. The third kappa shape index (κ3) is 3.96. The van der Waals surface area contributed by atoms with Gasteiger partial charge in [0.05, 0.1) is 22.8 Å². The number of pyridine rings is 1. The molecule has 1 aromatic heterocycles. The monoisotopic (exact) mass is 501 g/mol. The fourth-order valence-electron chi connectivity index (χ4n) is 3.84. The van der Waals surface area contributed by atoms with E-state index in [1.54, 1.807) is 7.11 Å². The van der Waals surface area contributed by atoms with Gasteiger partial charge in [0, 0.05) is 29.0 Å². The van der Waals surface area contributed by atoms with Crippen molar-refractivity contribution in [2.45, 2.75) is 13.2 Å². The van der Waals surface area contributed by atoms with Gasteiger partial charge in [-0.3, -0.25) is 4.79 Å². The van der Waals surface area contributed by atoms with Crippen LogP contribution in [0.5, 0.6) is 5.75 Å². The summed E-state index contributed by atoms with van der Waals surface area (Å²) in [6.45, 7) is 1.47. The number of benzene rings is 3. The lowest BCUT2D eigenvalue weighted by Crippen LogP contribution is -2.25. The van der Waals surface area contributed by atoms with Crippen LogP contribution in [0, 0.1) is 0 Å². The van der Waals surface area contributed by atoms with Crippen molar-refractivity contribution in [1.82, 2.24) is 9.99 Å². The Morgan fingerprint density at radius 2 is 1.79 bits per heavy atom. The van der Waals surface area contributed by atoms with Crippen LogP contribution in [0.2, 0.25) is 0 Å². The van der Waals surface area contributed by atoms with Crippen molar-refractivity contribution in [2.24, 2.45) is 5.10 Å². The van der Waals surface area contributed by atoms with Crippen molar-refractivity contribution in [3.63, 3.8) is 0 Å². The first-order valence-corrected chi connectivity index (χ1v) is 11.2. The molecule has 7 heteroatoms. The van der Waals surface area contributed by atoms with E-state index in [0.29, 0.717) is 11.6 Å². The maximum Gasteiger partial charge on any atom is 0.243 e. The summed E-state index contributed by atoms with van der Waals surface area (Å²) in [7, 11) is 1.60. The normalized spacial score (nSPS) is 15.3. The number of halogens is 1. The van der Waals surface area contributed by atoms with Gasteiger partial charge in [-0.2, -0.15) is 5.01 Å². The molecule has 0 aliphatic carbocycles. The topological polar surface area (TPSA) is 64.0 Å². The van der Waals surface area contributed by atoms with Gasteiger partial charge < -0.3 is 9.47 Å². The van der Waals surface area contributed by atoms with E-state index < -0.39 is 6.23 Å². The lowest BCUT2D eigenvalue weighted by Gasteiger charge is -2.20. The van der Waals surface area contributed by atoms with E-state index in [1.807, 2.05) is 78.9 Å². The van der Waals surface area contributed by atoms with E-state index in [0.717, 1.165) is 37.8 Å². The van der Waals surface area contributed by atoms with Gasteiger partial charge in [-0.25, -0.2) is 4.98 Å². The van der Waals surface area contributed by atoms with Crippen molar-refractivity contribution in [1.29, 1.82) is 0 Å². The number of hydrogen-bond acceptors (Lipinski definition) is 5. The molecule has 0 spiro atoms. The first-order chi connectivity index (χ1) is 16.0. The SMILES string of the molecule is COc1ccc(C2OC(c3cc(-c4ccccc4)nc4ccccc34)=NN2C(C)=O)cc1Br. The highest BCUT2D eigenvalue weighted by atomic mass is 79.9. The van der Waals surface area contributed by atoms with Gasteiger partial charge in [0.1, 0.15) is 5.75 Å². The van der Waals surface area contributed by atoms with Gasteiger partial charge in [-0.15, -0.1) is 5.10 Å². The number of methoxy groups -OCH3 is 1. The summed E-state index contributed by atoms with van der Waals surface area (Å²) in [5, 5.41) is 6.84. The highest BCUT2D eigenvalue weighted by Crippen LogP contribution is 2.36. The predicted octanol–water partition coefficient (Wildman–Crippen LogP) is 5.91. The molecule has 33 heavy (non-hydrogen) atoms. The van der Waals surface area contributed by atoms with Gasteiger partial charge in [-0.1, -0.05) is 48.5 Å². The number of fused-ring (bicyclic) bond motifs is 1. The molecule has 5 rings (SSSR count). The number of hydrogen-bond donors (Lipinski definition) is 0. The van der Waals surface area contributed by atoms with Gasteiger partial charge >= 0.3 is 0 Å². The molecule has 6 nitrogen and oxygen atoms in total. The second-order valence-electron chi connectivity index (χ2n) is 7.57. The number of carbonyl (C=O) groups excluding carboxylic acids is 1. The van der Waals surface area contributed by atoms with Crippen LogP contribution < -0.4 is 4.74 Å². The fraction of sp³-hybridized carbons (Fsp3) is 0.115. The standard InChI is InChI=1S/C26H20BrN3O3/c1-16(31)30-26(18-12-13-24(32-2)21(27)14-18)33-25(29-30)20-15-23(17-8-4-3-5-9-17)28-22-11-7-6-10-19(20)22/h3-15,26H,1-2H3. The van der Waals surface area contributed by atoms with Crippen LogP contribution in [0.4, 0.5) is 0 Å². The summed E-state index contributed by atoms with van der Waals surface area (Å²) in [5.74, 6) is 0.849. The fourth-order valence-corrected chi connectivity index (χ4v) is 4.40. The number of nitrogens with zero attached hydrogens (tertiary/aromatic N) is 3. The lowest BCUT2D eigenvalue weighted by atomic mass is 10.0. The Kier molecular flexibility index (Phi) is 5.56. The van der Waals surface area contributed by atoms with Gasteiger partial charge in [0.2, 0.25) is 18.0 Å². The van der Waals surface area contributed by atoms with Crippen molar-refractivity contribution in [3.05, 3.63) is 94.5 Å². The quantitative estimate of drug-likeness (QED) is 0.348. The Hall–Kier alpha value is -3.71. The number of para-hydroxylation sites is 1. The van der Waals surface area contributed by atoms with Crippen LogP contribution in [0.25, 0.3) is 22.2 Å². The maximum atomic E-state index is 12.5. The smallest absolute Gasteiger partial charge is 0.243 e. The summed E-state index contributed by atoms with van der Waals surface area (Å²) >= 11 is 3.51. The van der Waals surface area contributed by atoms with E-state index in [2.05, 4.69) is 21.0 Å². The molecule has 1 atom stereocenters. The Balaban J connectivity index is 1.62. The summed E-state index contributed by atoms with van der Waals surface area (Å²) < 4.78 is 12.4. The molecule has 1 unspecified atom stereocenters. The second kappa shape index (κ2) is 8.67. The van der Waals surface area contributed by atoms with E-state index in [-0.39, 0.29) is 5.91 Å². The first kappa shape index (κ1) is 21.2. The van der Waals surface area contributed by atoms with Gasteiger partial charge in [-0.05, 0) is 46.3 Å². The molecule has 0 N–H and O–H groups in total. The van der Waals surface area contributed by atoms with E-state index in [4.69, 9.17) is 14.5 Å². The van der Waals surface area contributed by atoms with Crippen LogP contribution in [0.3, 0.4) is 0 Å². The third-order valence-electron chi connectivity index (χ3n) is 5.44. The van der Waals surface area contributed by atoms with Crippen LogP contribution in [-0.2, 0) is 9.53 Å². The van der Waals surface area contributed by atoms with E-state index in [9.17, 15) is 4.79 Å². The van der Waals surface area contributed by atoms with Crippen molar-refractivity contribution in [3.8, 4) is 17.0 Å². The van der Waals surface area contributed by atoms with Crippen LogP contribution in [0.1, 0.15) is 24.3 Å². The van der Waals surface area contributed by atoms with E-state index in [1.165, 1.54) is 11.9 Å². The molecule has 164 valence electrons. The van der Waals surface area contributed by atoms with Gasteiger partial charge in [0.15, 0.2) is 0 Å². The Labute approximate surface area is 199 Å². The third-order valence-corrected chi connectivity index (χ3v) is 6.06. The minimum atomic E-state index is -0.688. The molecule has 1 aliphatic heterocycles. The lowest BCUT2D eigenvalue weighted by molar-refractivity contribution is -0.135. The number of aromatic nitrogens is 1. The van der Waals surface area contributed by atoms with Gasteiger partial charge in [0.25, 0.3) is 0 Å². The molecule has 0 fully saturated rings. The Morgan fingerprint density at radius 3 is 2.52 bits per heavy atom. The number of hydrazone groups is 1. The second-order valence-corrected chi connectivity index (χ2v) is 8.43. The van der Waals surface area contributed by atoms with Crippen molar-refractivity contribution < 1.29 is 14.3 Å². The highest BCUT2D eigenvalue weighted by Gasteiger charge is 2.34.